The van der Waals surface area contributed by atoms with Crippen LogP contribution in [0, 0.1) is 17.1 Å². The Morgan fingerprint density at radius 3 is 2.90 bits per heavy atom. The van der Waals surface area contributed by atoms with Crippen molar-refractivity contribution in [3.63, 3.8) is 0 Å². The molecule has 20 heavy (non-hydrogen) atoms. The van der Waals surface area contributed by atoms with Gasteiger partial charge < -0.3 is 0 Å². The van der Waals surface area contributed by atoms with E-state index in [0.717, 1.165) is 0 Å². The molecule has 0 N–H and O–H groups in total. The molecular weight excluding hydrogens is 279 g/mol. The number of aliphatic imine (C=N–C) groups is 1. The molecule has 1 aromatic rings. The molecular formula is C14H10ClFN4. The topological polar surface area (TPSA) is 51.8 Å². The molecule has 2 rings (SSSR count). The van der Waals surface area contributed by atoms with Crippen molar-refractivity contribution in [1.82, 2.24) is 5.01 Å². The number of nitriles is 1. The van der Waals surface area contributed by atoms with Crippen LogP contribution in [0.3, 0.4) is 0 Å². The number of hydrogen-bond acceptors (Lipinski definition) is 4. The minimum absolute atomic E-state index is 0.280. The van der Waals surface area contributed by atoms with E-state index in [4.69, 9.17) is 16.9 Å². The minimum atomic E-state index is -0.409. The highest BCUT2D eigenvalue weighted by molar-refractivity contribution is 6.34. The van der Waals surface area contributed by atoms with Gasteiger partial charge in [-0.1, -0.05) is 11.6 Å². The molecule has 0 amide bonds. The first kappa shape index (κ1) is 14.0. The third kappa shape index (κ3) is 2.46. The summed E-state index contributed by atoms with van der Waals surface area (Å²) in [5.74, 6) is -0.0458. The van der Waals surface area contributed by atoms with Crippen LogP contribution in [0.25, 0.3) is 5.57 Å². The Bertz CT molecular complexity index is 698. The number of nitrogens with zero attached hydrogens (tertiary/aromatic N) is 4. The maximum Gasteiger partial charge on any atom is 0.164 e. The third-order valence-electron chi connectivity index (χ3n) is 2.81. The molecule has 1 aliphatic heterocycles. The summed E-state index contributed by atoms with van der Waals surface area (Å²) in [4.78, 5) is 4.14. The van der Waals surface area contributed by atoms with E-state index in [-0.39, 0.29) is 5.02 Å². The van der Waals surface area contributed by atoms with E-state index in [1.807, 2.05) is 6.07 Å². The van der Waals surface area contributed by atoms with Gasteiger partial charge in [-0.3, -0.25) is 0 Å². The quantitative estimate of drug-likeness (QED) is 0.617. The highest BCUT2D eigenvalue weighted by atomic mass is 35.5. The Morgan fingerprint density at radius 2 is 2.30 bits per heavy atom. The molecule has 1 aromatic carbocycles. The predicted octanol–water partition coefficient (Wildman–Crippen LogP) is 3.58. The second-order valence-electron chi connectivity index (χ2n) is 3.97. The molecule has 0 aromatic heterocycles. The predicted molar refractivity (Wildman–Crippen MR) is 77.6 cm³/mol. The smallest absolute Gasteiger partial charge is 0.164 e. The molecule has 0 spiro atoms. The number of halogens is 2. The van der Waals surface area contributed by atoms with Crippen LogP contribution in [0.1, 0.15) is 12.5 Å². The molecule has 0 fully saturated rings. The van der Waals surface area contributed by atoms with Crippen LogP contribution in [0.15, 0.2) is 45.9 Å². The first-order valence-corrected chi connectivity index (χ1v) is 6.03. The van der Waals surface area contributed by atoms with Crippen molar-refractivity contribution in [1.29, 1.82) is 5.26 Å². The van der Waals surface area contributed by atoms with Crippen LogP contribution in [0.2, 0.25) is 5.02 Å². The lowest BCUT2D eigenvalue weighted by Gasteiger charge is -2.25. The number of rotatable bonds is 2. The Morgan fingerprint density at radius 1 is 1.55 bits per heavy atom. The van der Waals surface area contributed by atoms with Crippen molar-refractivity contribution >= 4 is 30.1 Å². The van der Waals surface area contributed by atoms with E-state index < -0.39 is 5.82 Å². The molecule has 0 aliphatic carbocycles. The van der Waals surface area contributed by atoms with Gasteiger partial charge in [0.05, 0.1) is 22.9 Å². The minimum Gasteiger partial charge on any atom is -0.236 e. The average molecular weight is 289 g/mol. The van der Waals surface area contributed by atoms with Crippen LogP contribution in [-0.4, -0.2) is 17.9 Å². The monoisotopic (exact) mass is 288 g/mol. The molecule has 0 saturated carbocycles. The Hall–Kier alpha value is -2.45. The van der Waals surface area contributed by atoms with Gasteiger partial charge in [0.2, 0.25) is 0 Å². The van der Waals surface area contributed by atoms with Gasteiger partial charge in [0.15, 0.2) is 5.82 Å². The molecule has 0 unspecified atom stereocenters. The van der Waals surface area contributed by atoms with Gasteiger partial charge in [0, 0.05) is 24.1 Å². The molecule has 1 heterocycles. The summed E-state index contributed by atoms with van der Waals surface area (Å²) in [6, 6.07) is 6.02. The van der Waals surface area contributed by atoms with Crippen LogP contribution in [0.5, 0.6) is 0 Å². The van der Waals surface area contributed by atoms with Crippen LogP contribution < -0.4 is 0 Å². The van der Waals surface area contributed by atoms with Crippen molar-refractivity contribution in [2.45, 2.75) is 6.92 Å². The summed E-state index contributed by atoms with van der Waals surface area (Å²) in [6.07, 6.45) is 2.83. The van der Waals surface area contributed by atoms with Crippen molar-refractivity contribution < 1.29 is 4.39 Å². The van der Waals surface area contributed by atoms with E-state index in [9.17, 15) is 4.39 Å². The third-order valence-corrected chi connectivity index (χ3v) is 3.12. The molecule has 100 valence electrons. The zero-order chi connectivity index (χ0) is 14.7. The second-order valence-corrected chi connectivity index (χ2v) is 4.37. The SMILES string of the molecule is C=NN1C(C)=C(c2ccc(F)cc2Cl)C=N/C1=C\C#N. The average Bonchev–Trinajstić information content (AvgIpc) is 2.41. The zero-order valence-electron chi connectivity index (χ0n) is 10.6. The molecule has 0 radical (unpaired) electrons. The summed E-state index contributed by atoms with van der Waals surface area (Å²) in [5, 5.41) is 14.2. The molecule has 4 nitrogen and oxygen atoms in total. The Kier molecular flexibility index (Phi) is 3.97. The largest absolute Gasteiger partial charge is 0.236 e. The van der Waals surface area contributed by atoms with Crippen LogP contribution >= 0.6 is 11.6 Å². The van der Waals surface area contributed by atoms with Crippen molar-refractivity contribution in [3.05, 3.63) is 52.2 Å². The van der Waals surface area contributed by atoms with Gasteiger partial charge >= 0.3 is 0 Å². The molecule has 0 atom stereocenters. The maximum atomic E-state index is 13.1. The molecule has 1 aliphatic rings. The number of hydrazone groups is 1. The number of benzene rings is 1. The standard InChI is InChI=1S/C14H10ClFN4/c1-9-12(11-4-3-10(16)7-13(11)15)8-19-14(5-6-17)20(9)18-2/h3-5,7-8H,2H2,1H3/b14-5+. The van der Waals surface area contributed by atoms with Crippen molar-refractivity contribution in [3.8, 4) is 6.07 Å². The van der Waals surface area contributed by atoms with Gasteiger partial charge in [0.1, 0.15) is 5.82 Å². The summed E-state index contributed by atoms with van der Waals surface area (Å²) >= 11 is 6.05. The highest BCUT2D eigenvalue weighted by Crippen LogP contribution is 2.31. The lowest BCUT2D eigenvalue weighted by molar-refractivity contribution is 0.455. The normalized spacial score (nSPS) is 16.5. The van der Waals surface area contributed by atoms with Crippen LogP contribution in [0.4, 0.5) is 4.39 Å². The van der Waals surface area contributed by atoms with E-state index in [2.05, 4.69) is 16.8 Å². The van der Waals surface area contributed by atoms with Crippen LogP contribution in [-0.2, 0) is 0 Å². The lowest BCUT2D eigenvalue weighted by Crippen LogP contribution is -2.18. The summed E-state index contributed by atoms with van der Waals surface area (Å²) in [5.41, 5.74) is 2.03. The molecule has 6 heteroatoms. The van der Waals surface area contributed by atoms with Gasteiger partial charge in [-0.05, 0) is 25.1 Å². The van der Waals surface area contributed by atoms with E-state index in [1.54, 1.807) is 19.2 Å². The fraction of sp³-hybridized carbons (Fsp3) is 0.0714. The molecule has 0 bridgehead atoms. The summed E-state index contributed by atoms with van der Waals surface area (Å²) < 4.78 is 13.1. The fourth-order valence-corrected chi connectivity index (χ4v) is 2.14. The van der Waals surface area contributed by atoms with Crippen molar-refractivity contribution in [2.24, 2.45) is 10.1 Å². The van der Waals surface area contributed by atoms with Gasteiger partial charge in [-0.15, -0.1) is 0 Å². The fourth-order valence-electron chi connectivity index (χ4n) is 1.87. The Balaban J connectivity index is 2.55. The molecule has 0 saturated heterocycles. The second kappa shape index (κ2) is 5.68. The first-order chi connectivity index (χ1) is 9.58. The van der Waals surface area contributed by atoms with E-state index >= 15 is 0 Å². The summed E-state index contributed by atoms with van der Waals surface area (Å²) in [7, 11) is 0. The van der Waals surface area contributed by atoms with Gasteiger partial charge in [0.25, 0.3) is 0 Å². The maximum absolute atomic E-state index is 13.1. The highest BCUT2D eigenvalue weighted by Gasteiger charge is 2.20. The lowest BCUT2D eigenvalue weighted by atomic mass is 10.0. The first-order valence-electron chi connectivity index (χ1n) is 5.65. The number of hydrogen-bond donors (Lipinski definition) is 0. The Labute approximate surface area is 120 Å². The summed E-state index contributed by atoms with van der Waals surface area (Å²) in [6.45, 7) is 5.25. The van der Waals surface area contributed by atoms with E-state index in [1.165, 1.54) is 23.2 Å². The van der Waals surface area contributed by atoms with E-state index in [0.29, 0.717) is 22.7 Å². The van der Waals surface area contributed by atoms with Crippen molar-refractivity contribution in [2.75, 3.05) is 0 Å². The zero-order valence-corrected chi connectivity index (χ0v) is 11.4. The van der Waals surface area contributed by atoms with Gasteiger partial charge in [-0.2, -0.15) is 10.4 Å². The van der Waals surface area contributed by atoms with Gasteiger partial charge in [-0.25, -0.2) is 14.4 Å². The number of allylic oxidation sites excluding steroid dienone is 3.